The highest BCUT2D eigenvalue weighted by Gasteiger charge is 2.56. The maximum Gasteiger partial charge on any atom is 0.213 e. The first-order valence-electron chi connectivity index (χ1n) is 10.6. The van der Waals surface area contributed by atoms with Crippen molar-refractivity contribution in [2.45, 2.75) is 65.3 Å². The first kappa shape index (κ1) is 18.9. The molecular weight excluding hydrogens is 338 g/mol. The molecule has 2 aromatic carbocycles. The molecule has 1 aliphatic rings. The standard InChI is InChI=1S/C27H32N/c1-7-26(5)24-15-14-21(22-17-19(3)12-13-20(22)4)18-23(24)25-11-9-10-16-28(25)27(26,6)8-2/h9-18H,7-8H2,1-6H3/q+1. The Hall–Kier alpha value is -2.41. The highest BCUT2D eigenvalue weighted by molar-refractivity contribution is 5.76. The normalized spacial score (nSPS) is 23.2. The Morgan fingerprint density at radius 2 is 1.61 bits per heavy atom. The first-order valence-corrected chi connectivity index (χ1v) is 10.6. The number of nitrogens with zero attached hydrogens (tertiary/aromatic N) is 1. The number of benzene rings is 2. The molecule has 0 fully saturated rings. The van der Waals surface area contributed by atoms with Crippen LogP contribution in [0.4, 0.5) is 0 Å². The van der Waals surface area contributed by atoms with Gasteiger partial charge in [-0.3, -0.25) is 0 Å². The van der Waals surface area contributed by atoms with Gasteiger partial charge in [0.2, 0.25) is 5.69 Å². The number of pyridine rings is 1. The largest absolute Gasteiger partial charge is 0.213 e. The molecule has 3 aromatic rings. The summed E-state index contributed by atoms with van der Waals surface area (Å²) in [4.78, 5) is 0. The van der Waals surface area contributed by atoms with Crippen LogP contribution in [0.5, 0.6) is 0 Å². The van der Waals surface area contributed by atoms with Crippen LogP contribution in [0.25, 0.3) is 22.4 Å². The Bertz CT molecular complexity index is 1050. The lowest BCUT2D eigenvalue weighted by atomic mass is 9.60. The quantitative estimate of drug-likeness (QED) is 0.450. The van der Waals surface area contributed by atoms with Crippen molar-refractivity contribution < 1.29 is 4.57 Å². The highest BCUT2D eigenvalue weighted by Crippen LogP contribution is 2.50. The van der Waals surface area contributed by atoms with Crippen LogP contribution >= 0.6 is 0 Å². The zero-order valence-corrected chi connectivity index (χ0v) is 18.1. The smallest absolute Gasteiger partial charge is 0.192 e. The van der Waals surface area contributed by atoms with Crippen LogP contribution < -0.4 is 4.57 Å². The summed E-state index contributed by atoms with van der Waals surface area (Å²) in [7, 11) is 0. The van der Waals surface area contributed by atoms with Crippen molar-refractivity contribution >= 4 is 0 Å². The SMILES string of the molecule is CCC1(C)c2ccc(-c3cc(C)ccc3C)cc2-c2cccc[n+]2C1(C)CC. The zero-order chi connectivity index (χ0) is 20.1. The van der Waals surface area contributed by atoms with Crippen molar-refractivity contribution in [2.75, 3.05) is 0 Å². The summed E-state index contributed by atoms with van der Waals surface area (Å²) in [5.41, 5.74) is 9.65. The van der Waals surface area contributed by atoms with Gasteiger partial charge in [-0.15, -0.1) is 0 Å². The van der Waals surface area contributed by atoms with Gasteiger partial charge in [-0.2, -0.15) is 4.57 Å². The molecular formula is C27H32N+. The van der Waals surface area contributed by atoms with E-state index in [0.29, 0.717) is 0 Å². The van der Waals surface area contributed by atoms with Crippen LogP contribution in [0.2, 0.25) is 0 Å². The summed E-state index contributed by atoms with van der Waals surface area (Å²) in [5, 5.41) is 0. The van der Waals surface area contributed by atoms with Crippen molar-refractivity contribution in [3.05, 3.63) is 77.5 Å². The van der Waals surface area contributed by atoms with Gasteiger partial charge in [-0.05, 0) is 61.6 Å². The minimum Gasteiger partial charge on any atom is -0.192 e. The van der Waals surface area contributed by atoms with Crippen LogP contribution in [-0.4, -0.2) is 0 Å². The third-order valence-corrected chi connectivity index (χ3v) is 7.57. The molecule has 4 rings (SSSR count). The van der Waals surface area contributed by atoms with E-state index in [1.165, 1.54) is 39.1 Å². The molecule has 2 atom stereocenters. The van der Waals surface area contributed by atoms with Gasteiger partial charge in [-0.25, -0.2) is 0 Å². The van der Waals surface area contributed by atoms with Crippen LogP contribution in [0, 0.1) is 13.8 Å². The molecule has 1 aromatic heterocycles. The van der Waals surface area contributed by atoms with E-state index in [-0.39, 0.29) is 11.0 Å². The summed E-state index contributed by atoms with van der Waals surface area (Å²) < 4.78 is 2.53. The fourth-order valence-electron chi connectivity index (χ4n) is 5.23. The van der Waals surface area contributed by atoms with E-state index in [2.05, 4.69) is 107 Å². The predicted molar refractivity (Wildman–Crippen MR) is 119 cm³/mol. The summed E-state index contributed by atoms with van der Waals surface area (Å²) >= 11 is 0. The summed E-state index contributed by atoms with van der Waals surface area (Å²) in [6, 6.07) is 20.5. The van der Waals surface area contributed by atoms with E-state index in [9.17, 15) is 0 Å². The van der Waals surface area contributed by atoms with E-state index in [0.717, 1.165) is 12.8 Å². The van der Waals surface area contributed by atoms with Crippen LogP contribution in [0.1, 0.15) is 57.2 Å². The molecule has 1 nitrogen and oxygen atoms in total. The second-order valence-electron chi connectivity index (χ2n) is 8.85. The van der Waals surface area contributed by atoms with E-state index in [1.807, 2.05) is 0 Å². The Kier molecular flexibility index (Phi) is 4.45. The van der Waals surface area contributed by atoms with E-state index < -0.39 is 0 Å². The third kappa shape index (κ3) is 2.49. The minimum absolute atomic E-state index is 0.0616. The van der Waals surface area contributed by atoms with Gasteiger partial charge in [0.1, 0.15) is 0 Å². The molecule has 0 saturated carbocycles. The lowest BCUT2D eigenvalue weighted by Crippen LogP contribution is -2.67. The van der Waals surface area contributed by atoms with Crippen molar-refractivity contribution in [1.82, 2.24) is 0 Å². The lowest BCUT2D eigenvalue weighted by molar-refractivity contribution is -0.765. The van der Waals surface area contributed by atoms with Crippen molar-refractivity contribution in [3.8, 4) is 22.4 Å². The number of hydrogen-bond acceptors (Lipinski definition) is 0. The molecule has 144 valence electrons. The Labute approximate surface area is 170 Å². The molecule has 0 saturated heterocycles. The minimum atomic E-state index is 0.0616. The molecule has 28 heavy (non-hydrogen) atoms. The molecule has 0 bridgehead atoms. The Morgan fingerprint density at radius 1 is 0.821 bits per heavy atom. The van der Waals surface area contributed by atoms with E-state index in [4.69, 9.17) is 0 Å². The number of hydrogen-bond donors (Lipinski definition) is 0. The van der Waals surface area contributed by atoms with Crippen molar-refractivity contribution in [3.63, 3.8) is 0 Å². The van der Waals surface area contributed by atoms with Crippen molar-refractivity contribution in [1.29, 1.82) is 0 Å². The third-order valence-electron chi connectivity index (χ3n) is 7.57. The first-order chi connectivity index (χ1) is 13.4. The molecule has 0 radical (unpaired) electrons. The fraction of sp³-hybridized carbons (Fsp3) is 0.370. The Balaban J connectivity index is 2.03. The molecule has 0 amide bonds. The second kappa shape index (κ2) is 6.58. The average molecular weight is 371 g/mol. The van der Waals surface area contributed by atoms with Gasteiger partial charge < -0.3 is 0 Å². The van der Waals surface area contributed by atoms with Gasteiger partial charge in [0.25, 0.3) is 0 Å². The topological polar surface area (TPSA) is 3.88 Å². The van der Waals surface area contributed by atoms with E-state index >= 15 is 0 Å². The molecule has 2 heterocycles. The fourth-order valence-corrected chi connectivity index (χ4v) is 5.23. The molecule has 1 heteroatoms. The molecule has 0 spiro atoms. The summed E-state index contributed by atoms with van der Waals surface area (Å²) in [6.45, 7) is 13.9. The van der Waals surface area contributed by atoms with Crippen LogP contribution in [0.3, 0.4) is 0 Å². The molecule has 2 unspecified atom stereocenters. The zero-order valence-electron chi connectivity index (χ0n) is 18.1. The molecule has 1 aliphatic heterocycles. The van der Waals surface area contributed by atoms with E-state index in [1.54, 1.807) is 0 Å². The van der Waals surface area contributed by atoms with Crippen LogP contribution in [0.15, 0.2) is 60.8 Å². The number of rotatable bonds is 3. The van der Waals surface area contributed by atoms with Crippen molar-refractivity contribution in [2.24, 2.45) is 0 Å². The maximum atomic E-state index is 2.53. The van der Waals surface area contributed by atoms with Gasteiger partial charge >= 0.3 is 0 Å². The van der Waals surface area contributed by atoms with Crippen LogP contribution in [-0.2, 0) is 11.0 Å². The Morgan fingerprint density at radius 3 is 2.32 bits per heavy atom. The maximum absolute atomic E-state index is 2.53. The second-order valence-corrected chi connectivity index (χ2v) is 8.85. The monoisotopic (exact) mass is 370 g/mol. The molecule has 0 N–H and O–H groups in total. The van der Waals surface area contributed by atoms with Gasteiger partial charge in [0, 0.05) is 25.5 Å². The summed E-state index contributed by atoms with van der Waals surface area (Å²) in [6.07, 6.45) is 4.51. The average Bonchev–Trinajstić information content (AvgIpc) is 2.73. The summed E-state index contributed by atoms with van der Waals surface area (Å²) in [5.74, 6) is 0. The highest BCUT2D eigenvalue weighted by atomic mass is 15.1. The number of aryl methyl sites for hydroxylation is 2. The van der Waals surface area contributed by atoms with Gasteiger partial charge in [-0.1, -0.05) is 49.7 Å². The lowest BCUT2D eigenvalue weighted by Gasteiger charge is -2.46. The van der Waals surface area contributed by atoms with Gasteiger partial charge in [0.05, 0.1) is 11.0 Å². The van der Waals surface area contributed by atoms with Gasteiger partial charge in [0.15, 0.2) is 11.7 Å². The predicted octanol–water partition coefficient (Wildman–Crippen LogP) is 6.73. The number of fused-ring (bicyclic) bond motifs is 3. The number of aromatic nitrogens is 1. The molecule has 0 aliphatic carbocycles.